The summed E-state index contributed by atoms with van der Waals surface area (Å²) in [6.07, 6.45) is 3.34. The molecule has 3 aromatic rings. The van der Waals surface area contributed by atoms with Crippen molar-refractivity contribution in [1.29, 1.82) is 0 Å². The van der Waals surface area contributed by atoms with Gasteiger partial charge in [0, 0.05) is 19.1 Å². The Morgan fingerprint density at radius 1 is 0.920 bits per heavy atom. The Labute approximate surface area is 147 Å². The zero-order chi connectivity index (χ0) is 17.1. The number of anilines is 1. The molecule has 2 heterocycles. The average Bonchev–Trinajstić information content (AvgIpc) is 3.05. The minimum atomic E-state index is 0.174. The topological polar surface area (TPSA) is 72.9 Å². The molecule has 1 fully saturated rings. The van der Waals surface area contributed by atoms with Crippen molar-refractivity contribution in [2.75, 3.05) is 18.0 Å². The molecule has 0 amide bonds. The van der Waals surface area contributed by atoms with Gasteiger partial charge in [0.05, 0.1) is 5.69 Å². The first-order valence-corrected chi connectivity index (χ1v) is 8.76. The number of benzene rings is 2. The normalized spacial score (nSPS) is 18.1. The van der Waals surface area contributed by atoms with Crippen LogP contribution >= 0.6 is 0 Å². The fourth-order valence-electron chi connectivity index (χ4n) is 3.33. The summed E-state index contributed by atoms with van der Waals surface area (Å²) in [4.78, 5) is 2.20. The maximum Gasteiger partial charge on any atom is 0.250 e. The zero-order valence-electron chi connectivity index (χ0n) is 14.1. The van der Waals surface area contributed by atoms with E-state index in [1.807, 2.05) is 18.2 Å². The quantitative estimate of drug-likeness (QED) is 0.797. The summed E-state index contributed by atoms with van der Waals surface area (Å²) in [6, 6.07) is 18.8. The van der Waals surface area contributed by atoms with E-state index in [-0.39, 0.29) is 6.04 Å². The summed E-state index contributed by atoms with van der Waals surface area (Å²) in [6.45, 7) is 1.73. The van der Waals surface area contributed by atoms with E-state index in [0.717, 1.165) is 44.0 Å². The highest BCUT2D eigenvalue weighted by Crippen LogP contribution is 2.23. The monoisotopic (exact) mass is 334 g/mol. The van der Waals surface area contributed by atoms with Crippen LogP contribution in [0.5, 0.6) is 0 Å². The zero-order valence-corrected chi connectivity index (χ0v) is 14.1. The van der Waals surface area contributed by atoms with Crippen LogP contribution < -0.4 is 10.6 Å². The van der Waals surface area contributed by atoms with Crippen LogP contribution in [-0.2, 0) is 0 Å². The van der Waals surface area contributed by atoms with Crippen molar-refractivity contribution >= 4 is 5.95 Å². The van der Waals surface area contributed by atoms with Crippen molar-refractivity contribution in [2.45, 2.75) is 25.3 Å². The molecule has 1 aliphatic rings. The standard InChI is InChI=1S/C19H22N6/c20-17-8-4-5-13-24(14-17)19-21-22-23-25(19)18-11-9-16(10-12-18)15-6-2-1-3-7-15/h1-3,6-7,9-12,17H,4-5,8,13-14,20H2/t17-/m0/s1. The van der Waals surface area contributed by atoms with Crippen LogP contribution in [0.25, 0.3) is 16.8 Å². The third-order valence-corrected chi connectivity index (χ3v) is 4.66. The SMILES string of the molecule is N[C@H]1CCCCN(c2nnnn2-c2ccc(-c3ccccc3)cc2)C1. The second kappa shape index (κ2) is 7.03. The smallest absolute Gasteiger partial charge is 0.250 e. The Hall–Kier alpha value is -2.73. The molecule has 0 radical (unpaired) electrons. The van der Waals surface area contributed by atoms with Gasteiger partial charge in [0.15, 0.2) is 0 Å². The van der Waals surface area contributed by atoms with Crippen LogP contribution in [-0.4, -0.2) is 39.3 Å². The molecule has 0 aliphatic carbocycles. The first-order chi connectivity index (χ1) is 12.3. The first kappa shape index (κ1) is 15.8. The first-order valence-electron chi connectivity index (χ1n) is 8.76. The molecular formula is C19H22N6. The summed E-state index contributed by atoms with van der Waals surface area (Å²) in [5, 5.41) is 12.3. The Bertz CT molecular complexity index is 811. The Morgan fingerprint density at radius 3 is 2.48 bits per heavy atom. The van der Waals surface area contributed by atoms with E-state index in [0.29, 0.717) is 0 Å². The molecule has 1 aromatic heterocycles. The average molecular weight is 334 g/mol. The molecule has 1 saturated heterocycles. The van der Waals surface area contributed by atoms with E-state index in [9.17, 15) is 0 Å². The fraction of sp³-hybridized carbons (Fsp3) is 0.316. The summed E-state index contributed by atoms with van der Waals surface area (Å²) in [5.41, 5.74) is 9.52. The lowest BCUT2D eigenvalue weighted by molar-refractivity contribution is 0.616. The minimum absolute atomic E-state index is 0.174. The molecule has 25 heavy (non-hydrogen) atoms. The number of nitrogens with two attached hydrogens (primary N) is 1. The summed E-state index contributed by atoms with van der Waals surface area (Å²) in [7, 11) is 0. The molecular weight excluding hydrogens is 312 g/mol. The van der Waals surface area contributed by atoms with Gasteiger partial charge < -0.3 is 10.6 Å². The van der Waals surface area contributed by atoms with Gasteiger partial charge in [0.25, 0.3) is 0 Å². The van der Waals surface area contributed by atoms with Crippen LogP contribution in [0, 0.1) is 0 Å². The van der Waals surface area contributed by atoms with Gasteiger partial charge >= 0.3 is 0 Å². The van der Waals surface area contributed by atoms with E-state index in [1.54, 1.807) is 4.68 Å². The number of aromatic nitrogens is 4. The van der Waals surface area contributed by atoms with Gasteiger partial charge in [-0.2, -0.15) is 4.68 Å². The summed E-state index contributed by atoms with van der Waals surface area (Å²) >= 11 is 0. The second-order valence-corrected chi connectivity index (χ2v) is 6.51. The van der Waals surface area contributed by atoms with Crippen molar-refractivity contribution < 1.29 is 0 Å². The van der Waals surface area contributed by atoms with Crippen LogP contribution in [0.1, 0.15) is 19.3 Å². The maximum absolute atomic E-state index is 6.18. The van der Waals surface area contributed by atoms with Gasteiger partial charge in [-0.3, -0.25) is 0 Å². The lowest BCUT2D eigenvalue weighted by Gasteiger charge is -2.22. The molecule has 128 valence electrons. The van der Waals surface area contributed by atoms with Gasteiger partial charge in [-0.05, 0) is 46.5 Å². The van der Waals surface area contributed by atoms with Crippen molar-refractivity contribution in [2.24, 2.45) is 5.73 Å². The third kappa shape index (κ3) is 3.39. The van der Waals surface area contributed by atoms with Crippen molar-refractivity contribution in [3.05, 3.63) is 54.6 Å². The largest absolute Gasteiger partial charge is 0.338 e. The molecule has 2 aromatic carbocycles. The Kier molecular flexibility index (Phi) is 4.43. The van der Waals surface area contributed by atoms with Crippen LogP contribution in [0.3, 0.4) is 0 Å². The number of tetrazole rings is 1. The Balaban J connectivity index is 1.61. The lowest BCUT2D eigenvalue weighted by Crippen LogP contribution is -2.37. The second-order valence-electron chi connectivity index (χ2n) is 6.51. The molecule has 6 heteroatoms. The van der Waals surface area contributed by atoms with Crippen molar-refractivity contribution in [1.82, 2.24) is 20.2 Å². The minimum Gasteiger partial charge on any atom is -0.338 e. The van der Waals surface area contributed by atoms with Crippen molar-refractivity contribution in [3.8, 4) is 16.8 Å². The highest BCUT2D eigenvalue weighted by molar-refractivity contribution is 5.64. The van der Waals surface area contributed by atoms with Crippen LogP contribution in [0.15, 0.2) is 54.6 Å². The number of rotatable bonds is 3. The molecule has 0 bridgehead atoms. The highest BCUT2D eigenvalue weighted by atomic mass is 15.6. The lowest BCUT2D eigenvalue weighted by atomic mass is 10.1. The Morgan fingerprint density at radius 2 is 1.68 bits per heavy atom. The molecule has 1 atom stereocenters. The van der Waals surface area contributed by atoms with Gasteiger partial charge in [-0.1, -0.05) is 54.0 Å². The molecule has 4 rings (SSSR count). The van der Waals surface area contributed by atoms with Crippen molar-refractivity contribution in [3.63, 3.8) is 0 Å². The maximum atomic E-state index is 6.18. The van der Waals surface area contributed by atoms with Gasteiger partial charge in [0.2, 0.25) is 5.95 Å². The van der Waals surface area contributed by atoms with E-state index >= 15 is 0 Å². The predicted molar refractivity (Wildman–Crippen MR) is 98.6 cm³/mol. The predicted octanol–water partition coefficient (Wildman–Crippen LogP) is 2.65. The van der Waals surface area contributed by atoms with E-state index < -0.39 is 0 Å². The van der Waals surface area contributed by atoms with Crippen LogP contribution in [0.4, 0.5) is 5.95 Å². The molecule has 0 spiro atoms. The molecule has 2 N–H and O–H groups in total. The van der Waals surface area contributed by atoms with E-state index in [2.05, 4.69) is 56.8 Å². The third-order valence-electron chi connectivity index (χ3n) is 4.66. The van der Waals surface area contributed by atoms with E-state index in [4.69, 9.17) is 5.73 Å². The molecule has 6 nitrogen and oxygen atoms in total. The van der Waals surface area contributed by atoms with Gasteiger partial charge in [0.1, 0.15) is 0 Å². The fourth-order valence-corrected chi connectivity index (χ4v) is 3.33. The number of hydrogen-bond acceptors (Lipinski definition) is 5. The summed E-state index contributed by atoms with van der Waals surface area (Å²) in [5.74, 6) is 0.768. The van der Waals surface area contributed by atoms with Crippen LogP contribution in [0.2, 0.25) is 0 Å². The van der Waals surface area contributed by atoms with Gasteiger partial charge in [-0.25, -0.2) is 0 Å². The van der Waals surface area contributed by atoms with E-state index in [1.165, 1.54) is 11.1 Å². The molecule has 1 aliphatic heterocycles. The molecule has 0 saturated carbocycles. The highest BCUT2D eigenvalue weighted by Gasteiger charge is 2.21. The number of hydrogen-bond donors (Lipinski definition) is 1. The number of nitrogens with zero attached hydrogens (tertiary/aromatic N) is 5. The van der Waals surface area contributed by atoms with Gasteiger partial charge in [-0.15, -0.1) is 0 Å². The molecule has 0 unspecified atom stereocenters. The summed E-state index contributed by atoms with van der Waals surface area (Å²) < 4.78 is 1.80.